The van der Waals surface area contributed by atoms with E-state index >= 15 is 0 Å². The molecule has 1 unspecified atom stereocenters. The molecule has 1 amide bonds. The van der Waals surface area contributed by atoms with E-state index in [1.807, 2.05) is 0 Å². The number of carbonyl (C=O) groups excluding carboxylic acids is 1. The van der Waals surface area contributed by atoms with Gasteiger partial charge in [0.1, 0.15) is 5.69 Å². The predicted octanol–water partition coefficient (Wildman–Crippen LogP) is -0.111. The van der Waals surface area contributed by atoms with Crippen molar-refractivity contribution in [3.05, 3.63) is 28.2 Å². The number of H-pyrrole nitrogens is 1. The van der Waals surface area contributed by atoms with Crippen LogP contribution in [0.2, 0.25) is 0 Å². The summed E-state index contributed by atoms with van der Waals surface area (Å²) < 4.78 is 0. The van der Waals surface area contributed by atoms with Crippen LogP contribution in [0.4, 0.5) is 0 Å². The van der Waals surface area contributed by atoms with E-state index in [0.29, 0.717) is 12.5 Å². The second-order valence-corrected chi connectivity index (χ2v) is 4.56. The normalized spacial score (nSPS) is 19.4. The van der Waals surface area contributed by atoms with Gasteiger partial charge in [-0.25, -0.2) is 5.10 Å². The first-order chi connectivity index (χ1) is 8.75. The van der Waals surface area contributed by atoms with Crippen LogP contribution in [0, 0.1) is 5.92 Å². The van der Waals surface area contributed by atoms with E-state index in [2.05, 4.69) is 20.8 Å². The molecule has 2 heterocycles. The zero-order valence-electron chi connectivity index (χ0n) is 10.2. The minimum Gasteiger partial charge on any atom is -0.351 e. The van der Waals surface area contributed by atoms with Crippen molar-refractivity contribution in [1.82, 2.24) is 20.8 Å². The molecule has 6 heteroatoms. The van der Waals surface area contributed by atoms with Crippen LogP contribution in [-0.2, 0) is 0 Å². The molecule has 1 aliphatic heterocycles. The molecule has 1 saturated heterocycles. The number of carbonyl (C=O) groups is 1. The van der Waals surface area contributed by atoms with Gasteiger partial charge in [0, 0.05) is 12.6 Å². The van der Waals surface area contributed by atoms with Crippen molar-refractivity contribution >= 4 is 5.91 Å². The molecule has 0 spiro atoms. The fraction of sp³-hybridized carbons (Fsp3) is 0.583. The quantitative estimate of drug-likeness (QED) is 0.696. The van der Waals surface area contributed by atoms with Crippen LogP contribution in [0.5, 0.6) is 0 Å². The Morgan fingerprint density at radius 2 is 2.39 bits per heavy atom. The Balaban J connectivity index is 1.74. The number of aromatic amines is 1. The maximum absolute atomic E-state index is 11.7. The first-order valence-corrected chi connectivity index (χ1v) is 6.30. The van der Waals surface area contributed by atoms with Crippen molar-refractivity contribution in [2.75, 3.05) is 19.6 Å². The van der Waals surface area contributed by atoms with Crippen molar-refractivity contribution in [3.8, 4) is 0 Å². The van der Waals surface area contributed by atoms with Gasteiger partial charge in [-0.15, -0.1) is 0 Å². The van der Waals surface area contributed by atoms with Gasteiger partial charge in [-0.2, -0.15) is 5.10 Å². The summed E-state index contributed by atoms with van der Waals surface area (Å²) in [5.74, 6) is 0.401. The zero-order valence-corrected chi connectivity index (χ0v) is 10.2. The monoisotopic (exact) mass is 250 g/mol. The second kappa shape index (κ2) is 6.30. The topological polar surface area (TPSA) is 86.9 Å². The lowest BCUT2D eigenvalue weighted by Gasteiger charge is -2.22. The summed E-state index contributed by atoms with van der Waals surface area (Å²) in [5.41, 5.74) is -0.0591. The highest BCUT2D eigenvalue weighted by Crippen LogP contribution is 2.12. The molecular weight excluding hydrogens is 232 g/mol. The Labute approximate surface area is 105 Å². The average Bonchev–Trinajstić information content (AvgIpc) is 2.40. The lowest BCUT2D eigenvalue weighted by Crippen LogP contribution is -2.33. The molecule has 1 aromatic rings. The third-order valence-electron chi connectivity index (χ3n) is 3.15. The summed E-state index contributed by atoms with van der Waals surface area (Å²) in [6.45, 7) is 2.78. The molecule has 98 valence electrons. The highest BCUT2D eigenvalue weighted by molar-refractivity contribution is 5.91. The van der Waals surface area contributed by atoms with Crippen molar-refractivity contribution < 1.29 is 4.79 Å². The lowest BCUT2D eigenvalue weighted by atomic mass is 9.96. The maximum atomic E-state index is 11.7. The van der Waals surface area contributed by atoms with Gasteiger partial charge in [-0.3, -0.25) is 9.59 Å². The standard InChI is InChI=1S/C12H18N4O2/c17-11-4-3-10(15-16-11)12(18)14-7-5-9-2-1-6-13-8-9/h3-4,9,13H,1-2,5-8H2,(H,14,18)(H,16,17). The van der Waals surface area contributed by atoms with Crippen LogP contribution in [-0.4, -0.2) is 35.7 Å². The Hall–Kier alpha value is -1.69. The van der Waals surface area contributed by atoms with Gasteiger partial charge in [0.05, 0.1) is 0 Å². The lowest BCUT2D eigenvalue weighted by molar-refractivity contribution is 0.0944. The molecule has 6 nitrogen and oxygen atoms in total. The van der Waals surface area contributed by atoms with Crippen molar-refractivity contribution in [2.45, 2.75) is 19.3 Å². The van der Waals surface area contributed by atoms with Gasteiger partial charge < -0.3 is 10.6 Å². The predicted molar refractivity (Wildman–Crippen MR) is 67.4 cm³/mol. The van der Waals surface area contributed by atoms with Gasteiger partial charge in [0.25, 0.3) is 11.5 Å². The summed E-state index contributed by atoms with van der Waals surface area (Å²) in [4.78, 5) is 22.5. The van der Waals surface area contributed by atoms with E-state index in [0.717, 1.165) is 19.5 Å². The van der Waals surface area contributed by atoms with E-state index in [1.54, 1.807) is 0 Å². The van der Waals surface area contributed by atoms with Crippen LogP contribution in [0.25, 0.3) is 0 Å². The molecule has 2 rings (SSSR count). The molecule has 0 aromatic carbocycles. The molecule has 0 saturated carbocycles. The highest BCUT2D eigenvalue weighted by atomic mass is 16.2. The maximum Gasteiger partial charge on any atom is 0.271 e. The molecule has 0 radical (unpaired) electrons. The van der Waals surface area contributed by atoms with Gasteiger partial charge in [0.2, 0.25) is 0 Å². The van der Waals surface area contributed by atoms with E-state index in [4.69, 9.17) is 0 Å². The number of nitrogens with one attached hydrogen (secondary N) is 3. The molecule has 18 heavy (non-hydrogen) atoms. The summed E-state index contributed by atoms with van der Waals surface area (Å²) >= 11 is 0. The van der Waals surface area contributed by atoms with Crippen molar-refractivity contribution in [3.63, 3.8) is 0 Å². The zero-order chi connectivity index (χ0) is 12.8. The molecule has 1 aliphatic rings. The molecule has 3 N–H and O–H groups in total. The van der Waals surface area contributed by atoms with E-state index in [9.17, 15) is 9.59 Å². The Kier molecular flexibility index (Phi) is 4.46. The minimum absolute atomic E-state index is 0.241. The van der Waals surface area contributed by atoms with E-state index in [1.165, 1.54) is 25.0 Å². The number of hydrogen-bond donors (Lipinski definition) is 3. The molecule has 1 atom stereocenters. The van der Waals surface area contributed by atoms with Crippen molar-refractivity contribution in [1.29, 1.82) is 0 Å². The minimum atomic E-state index is -0.306. The third-order valence-corrected chi connectivity index (χ3v) is 3.15. The number of hydrogen-bond acceptors (Lipinski definition) is 4. The molecule has 0 bridgehead atoms. The number of piperidine rings is 1. The van der Waals surface area contributed by atoms with E-state index < -0.39 is 0 Å². The summed E-state index contributed by atoms with van der Waals surface area (Å²) in [6.07, 6.45) is 3.40. The molecular formula is C12H18N4O2. The summed E-state index contributed by atoms with van der Waals surface area (Å²) in [5, 5.41) is 12.1. The third kappa shape index (κ3) is 3.66. The van der Waals surface area contributed by atoms with Gasteiger partial charge >= 0.3 is 0 Å². The van der Waals surface area contributed by atoms with Crippen LogP contribution < -0.4 is 16.2 Å². The van der Waals surface area contributed by atoms with Crippen LogP contribution in [0.1, 0.15) is 29.8 Å². The first kappa shape index (κ1) is 12.8. The van der Waals surface area contributed by atoms with Gasteiger partial charge in [-0.1, -0.05) is 0 Å². The van der Waals surface area contributed by atoms with Crippen LogP contribution >= 0.6 is 0 Å². The number of rotatable bonds is 4. The van der Waals surface area contributed by atoms with Crippen molar-refractivity contribution in [2.24, 2.45) is 5.92 Å². The van der Waals surface area contributed by atoms with Crippen LogP contribution in [0.15, 0.2) is 16.9 Å². The van der Waals surface area contributed by atoms with Gasteiger partial charge in [-0.05, 0) is 44.3 Å². The fourth-order valence-electron chi connectivity index (χ4n) is 2.12. The van der Waals surface area contributed by atoms with Crippen LogP contribution in [0.3, 0.4) is 0 Å². The Bertz CT molecular complexity index is 431. The smallest absolute Gasteiger partial charge is 0.271 e. The largest absolute Gasteiger partial charge is 0.351 e. The molecule has 0 aliphatic carbocycles. The first-order valence-electron chi connectivity index (χ1n) is 6.30. The van der Waals surface area contributed by atoms with Gasteiger partial charge in [0.15, 0.2) is 0 Å². The number of amides is 1. The highest BCUT2D eigenvalue weighted by Gasteiger charge is 2.13. The number of nitrogens with zero attached hydrogens (tertiary/aromatic N) is 1. The molecule has 1 aromatic heterocycles. The fourth-order valence-corrected chi connectivity index (χ4v) is 2.12. The molecule has 1 fully saturated rings. The number of aromatic nitrogens is 2. The Morgan fingerprint density at radius 3 is 3.06 bits per heavy atom. The Morgan fingerprint density at radius 1 is 1.50 bits per heavy atom. The van der Waals surface area contributed by atoms with E-state index in [-0.39, 0.29) is 17.2 Å². The summed E-state index contributed by atoms with van der Waals surface area (Å²) in [7, 11) is 0. The average molecular weight is 250 g/mol. The summed E-state index contributed by atoms with van der Waals surface area (Å²) in [6, 6.07) is 2.73. The SMILES string of the molecule is O=C(NCCC1CCCNC1)c1ccc(=O)[nH]n1. The second-order valence-electron chi connectivity index (χ2n) is 4.56.